The van der Waals surface area contributed by atoms with Gasteiger partial charge in [-0.25, -0.2) is 17.5 Å². The predicted molar refractivity (Wildman–Crippen MR) is 87.4 cm³/mol. The summed E-state index contributed by atoms with van der Waals surface area (Å²) < 4.78 is 39.6. The number of carbonyl (C=O) groups excluding carboxylic acids is 1. The molecular formula is C16H22FN3O3S. The van der Waals surface area contributed by atoms with Gasteiger partial charge in [0.15, 0.2) is 0 Å². The minimum absolute atomic E-state index is 0.0200. The van der Waals surface area contributed by atoms with Gasteiger partial charge in [0, 0.05) is 19.6 Å². The second kappa shape index (κ2) is 7.16. The minimum atomic E-state index is -3.68. The summed E-state index contributed by atoms with van der Waals surface area (Å²) in [5.41, 5.74) is 0. The fourth-order valence-corrected chi connectivity index (χ4v) is 4.37. The highest BCUT2D eigenvalue weighted by molar-refractivity contribution is 7.89. The number of likely N-dealkylation sites (tertiary alicyclic amines) is 2. The number of sulfonamides is 1. The number of hydrogen-bond donors (Lipinski definition) is 1. The average molecular weight is 355 g/mol. The van der Waals surface area contributed by atoms with E-state index in [0.29, 0.717) is 13.1 Å². The first-order valence-electron chi connectivity index (χ1n) is 8.25. The van der Waals surface area contributed by atoms with Gasteiger partial charge in [-0.3, -0.25) is 9.69 Å². The second-order valence-electron chi connectivity index (χ2n) is 6.22. The van der Waals surface area contributed by atoms with E-state index in [-0.39, 0.29) is 23.4 Å². The van der Waals surface area contributed by atoms with Crippen molar-refractivity contribution in [3.05, 3.63) is 30.1 Å². The summed E-state index contributed by atoms with van der Waals surface area (Å²) in [5, 5.41) is 0. The van der Waals surface area contributed by atoms with E-state index in [1.54, 1.807) is 4.90 Å². The largest absolute Gasteiger partial charge is 0.340 e. The number of nitrogens with zero attached hydrogens (tertiary/aromatic N) is 2. The Hall–Kier alpha value is -1.51. The van der Waals surface area contributed by atoms with Crippen LogP contribution >= 0.6 is 0 Å². The Morgan fingerprint density at radius 2 is 1.79 bits per heavy atom. The van der Waals surface area contributed by atoms with Crippen LogP contribution in [-0.2, 0) is 14.8 Å². The van der Waals surface area contributed by atoms with Crippen LogP contribution in [-0.4, -0.2) is 62.9 Å². The van der Waals surface area contributed by atoms with Crippen molar-refractivity contribution in [2.75, 3.05) is 32.7 Å². The summed E-state index contributed by atoms with van der Waals surface area (Å²) in [6.45, 7) is 3.11. The summed E-state index contributed by atoms with van der Waals surface area (Å²) in [4.78, 5) is 16.4. The third kappa shape index (κ3) is 3.76. The summed E-state index contributed by atoms with van der Waals surface area (Å²) >= 11 is 0. The van der Waals surface area contributed by atoms with Crippen LogP contribution in [0.2, 0.25) is 0 Å². The lowest BCUT2D eigenvalue weighted by Crippen LogP contribution is -2.42. The fourth-order valence-electron chi connectivity index (χ4n) is 3.35. The zero-order chi connectivity index (χ0) is 17.2. The molecule has 132 valence electrons. The molecule has 2 fully saturated rings. The van der Waals surface area contributed by atoms with Gasteiger partial charge in [0.1, 0.15) is 5.82 Å². The molecule has 0 saturated carbocycles. The lowest BCUT2D eigenvalue weighted by Gasteiger charge is -2.22. The summed E-state index contributed by atoms with van der Waals surface area (Å²) in [6.07, 6.45) is 3.09. The first-order valence-corrected chi connectivity index (χ1v) is 9.74. The van der Waals surface area contributed by atoms with E-state index in [9.17, 15) is 17.6 Å². The summed E-state index contributed by atoms with van der Waals surface area (Å²) in [5.74, 6) is -0.387. The molecule has 3 rings (SSSR count). The van der Waals surface area contributed by atoms with Gasteiger partial charge < -0.3 is 4.90 Å². The molecule has 8 heteroatoms. The molecule has 1 atom stereocenters. The molecule has 2 aliphatic rings. The van der Waals surface area contributed by atoms with Gasteiger partial charge in [-0.1, -0.05) is 0 Å². The van der Waals surface area contributed by atoms with Gasteiger partial charge in [0.25, 0.3) is 0 Å². The van der Waals surface area contributed by atoms with Crippen LogP contribution in [0.4, 0.5) is 4.39 Å². The summed E-state index contributed by atoms with van der Waals surface area (Å²) in [7, 11) is -3.68. The highest BCUT2D eigenvalue weighted by Gasteiger charge is 2.36. The first kappa shape index (κ1) is 17.3. The molecule has 2 heterocycles. The number of benzene rings is 1. The molecule has 1 N–H and O–H groups in total. The van der Waals surface area contributed by atoms with Crippen molar-refractivity contribution in [1.82, 2.24) is 14.5 Å². The highest BCUT2D eigenvalue weighted by Crippen LogP contribution is 2.21. The molecule has 24 heavy (non-hydrogen) atoms. The van der Waals surface area contributed by atoms with Crippen molar-refractivity contribution < 1.29 is 17.6 Å². The zero-order valence-corrected chi connectivity index (χ0v) is 14.3. The van der Waals surface area contributed by atoms with Crippen LogP contribution in [0, 0.1) is 5.82 Å². The smallest absolute Gasteiger partial charge is 0.240 e. The van der Waals surface area contributed by atoms with Crippen LogP contribution in [0.15, 0.2) is 29.2 Å². The minimum Gasteiger partial charge on any atom is -0.340 e. The Balaban J connectivity index is 1.51. The van der Waals surface area contributed by atoms with Gasteiger partial charge in [-0.05, 0) is 56.6 Å². The molecule has 0 bridgehead atoms. The first-order chi connectivity index (χ1) is 11.5. The maximum Gasteiger partial charge on any atom is 0.240 e. The Morgan fingerprint density at radius 3 is 2.46 bits per heavy atom. The molecule has 6 nitrogen and oxygen atoms in total. The Morgan fingerprint density at radius 1 is 1.12 bits per heavy atom. The molecule has 0 aliphatic carbocycles. The van der Waals surface area contributed by atoms with Gasteiger partial charge in [-0.2, -0.15) is 0 Å². The zero-order valence-electron chi connectivity index (χ0n) is 13.4. The maximum atomic E-state index is 12.9. The van der Waals surface area contributed by atoms with Crippen LogP contribution in [0.3, 0.4) is 0 Å². The van der Waals surface area contributed by atoms with Crippen molar-refractivity contribution in [2.45, 2.75) is 30.2 Å². The number of amides is 1. The molecule has 2 saturated heterocycles. The number of rotatable bonds is 6. The Labute approximate surface area is 141 Å². The van der Waals surface area contributed by atoms with Crippen molar-refractivity contribution >= 4 is 15.9 Å². The van der Waals surface area contributed by atoms with E-state index < -0.39 is 15.8 Å². The van der Waals surface area contributed by atoms with Crippen LogP contribution in [0.5, 0.6) is 0 Å². The molecular weight excluding hydrogens is 333 g/mol. The van der Waals surface area contributed by atoms with E-state index in [1.165, 1.54) is 12.1 Å². The molecule has 1 unspecified atom stereocenters. The fraction of sp³-hybridized carbons (Fsp3) is 0.562. The molecule has 1 aromatic carbocycles. The normalized spacial score (nSPS) is 22.5. The highest BCUT2D eigenvalue weighted by atomic mass is 32.2. The Kier molecular flexibility index (Phi) is 5.17. The van der Waals surface area contributed by atoms with Crippen LogP contribution < -0.4 is 4.72 Å². The number of hydrogen-bond acceptors (Lipinski definition) is 4. The Bertz CT molecular complexity index is 687. The maximum absolute atomic E-state index is 12.9. The predicted octanol–water partition coefficient (Wildman–Crippen LogP) is 0.801. The third-order valence-corrected chi connectivity index (χ3v) is 6.13. The van der Waals surface area contributed by atoms with E-state index in [4.69, 9.17) is 0 Å². The number of carbonyl (C=O) groups is 1. The van der Waals surface area contributed by atoms with E-state index in [2.05, 4.69) is 9.62 Å². The van der Waals surface area contributed by atoms with Crippen molar-refractivity contribution in [3.8, 4) is 0 Å². The van der Waals surface area contributed by atoms with Crippen LogP contribution in [0.1, 0.15) is 19.3 Å². The van der Waals surface area contributed by atoms with E-state index >= 15 is 0 Å². The molecule has 0 spiro atoms. The van der Waals surface area contributed by atoms with Crippen molar-refractivity contribution in [2.24, 2.45) is 0 Å². The average Bonchev–Trinajstić information content (AvgIpc) is 3.18. The monoisotopic (exact) mass is 355 g/mol. The lowest BCUT2D eigenvalue weighted by atomic mass is 10.2. The molecule has 1 amide bonds. The van der Waals surface area contributed by atoms with E-state index in [0.717, 1.165) is 44.5 Å². The number of nitrogens with one attached hydrogen (secondary N) is 1. The van der Waals surface area contributed by atoms with Gasteiger partial charge in [0.05, 0.1) is 10.9 Å². The third-order valence-electron chi connectivity index (χ3n) is 4.65. The molecule has 0 aromatic heterocycles. The molecule has 2 aliphatic heterocycles. The lowest BCUT2D eigenvalue weighted by molar-refractivity contribution is -0.131. The van der Waals surface area contributed by atoms with E-state index in [1.807, 2.05) is 0 Å². The summed E-state index contributed by atoms with van der Waals surface area (Å²) in [6, 6.07) is 4.63. The SMILES string of the molecule is O=C1C(N2CCCC2)CCN1CCNS(=O)(=O)c1ccc(F)cc1. The quantitative estimate of drug-likeness (QED) is 0.820. The number of halogens is 1. The van der Waals surface area contributed by atoms with Crippen molar-refractivity contribution in [1.29, 1.82) is 0 Å². The standard InChI is InChI=1S/C16H22FN3O3S/c17-13-3-5-14(6-4-13)24(22,23)18-8-12-20-11-7-15(16(20)21)19-9-1-2-10-19/h3-6,15,18H,1-2,7-12H2. The molecule has 1 aromatic rings. The van der Waals surface area contributed by atoms with Gasteiger partial charge in [-0.15, -0.1) is 0 Å². The second-order valence-corrected chi connectivity index (χ2v) is 7.99. The van der Waals surface area contributed by atoms with Crippen LogP contribution in [0.25, 0.3) is 0 Å². The topological polar surface area (TPSA) is 69.7 Å². The van der Waals surface area contributed by atoms with Crippen molar-refractivity contribution in [3.63, 3.8) is 0 Å². The van der Waals surface area contributed by atoms with Gasteiger partial charge in [0.2, 0.25) is 15.9 Å². The molecule has 0 radical (unpaired) electrons. The van der Waals surface area contributed by atoms with Gasteiger partial charge >= 0.3 is 0 Å².